The van der Waals surface area contributed by atoms with Crippen molar-refractivity contribution in [2.24, 2.45) is 0 Å². The molecule has 0 aromatic rings. The predicted octanol–water partition coefficient (Wildman–Crippen LogP) is -1.31. The average Bonchev–Trinajstić information content (AvgIpc) is 0.722. The summed E-state index contributed by atoms with van der Waals surface area (Å²) in [5.41, 5.74) is 0. The van der Waals surface area contributed by atoms with E-state index in [2.05, 4.69) is 0 Å². The minimum atomic E-state index is -4.67. The van der Waals surface area contributed by atoms with Gasteiger partial charge < -0.3 is 0 Å². The van der Waals surface area contributed by atoms with Gasteiger partial charge in [-0.2, -0.15) is 8.42 Å². The summed E-state index contributed by atoms with van der Waals surface area (Å²) < 4.78 is 31.6. The van der Waals surface area contributed by atoms with E-state index in [9.17, 15) is 0 Å². The van der Waals surface area contributed by atoms with Crippen LogP contribution < -0.4 is 0 Å². The number of hydrogen-bond acceptors (Lipinski definition) is 2. The molecule has 0 aliphatic carbocycles. The molecular weight excluding hydrogens is 237 g/mol. The van der Waals surface area contributed by atoms with Gasteiger partial charge in [0, 0.05) is 33.3 Å². The van der Waals surface area contributed by atoms with Crippen LogP contribution in [-0.2, 0) is 43.7 Å². The standard InChI is InChI=1S/Co.Na.Ni.H2O4S.H/c;;;1-5(2,3)4;/h;;;(H2,1,2,3,4);. The van der Waals surface area contributed by atoms with E-state index in [-0.39, 0.29) is 62.8 Å². The molecule has 4 nitrogen and oxygen atoms in total. The molecule has 0 atom stereocenters. The third kappa shape index (κ3) is 106. The van der Waals surface area contributed by atoms with E-state index in [1.54, 1.807) is 0 Å². The molecule has 0 fully saturated rings. The minimum Gasteiger partial charge on any atom is 0 e. The summed E-state index contributed by atoms with van der Waals surface area (Å²) in [5, 5.41) is 0. The smallest absolute Gasteiger partial charge is 0 e. The van der Waals surface area contributed by atoms with E-state index in [4.69, 9.17) is 17.5 Å². The van der Waals surface area contributed by atoms with Crippen molar-refractivity contribution >= 4 is 40.0 Å². The average molecular weight is 240 g/mol. The molecule has 0 saturated carbocycles. The number of rotatable bonds is 0. The zero-order chi connectivity index (χ0) is 4.50. The Kier molecular flexibility index (Phi) is 25.0. The molecule has 0 aromatic heterocycles. The van der Waals surface area contributed by atoms with Gasteiger partial charge in [-0.15, -0.1) is 0 Å². The van der Waals surface area contributed by atoms with Crippen molar-refractivity contribution in [3.63, 3.8) is 0 Å². The molecule has 0 unspecified atom stereocenters. The van der Waals surface area contributed by atoms with Crippen LogP contribution in [0.2, 0.25) is 0 Å². The second-order valence-corrected chi connectivity index (χ2v) is 1.34. The van der Waals surface area contributed by atoms with Gasteiger partial charge in [-0.3, -0.25) is 9.11 Å². The summed E-state index contributed by atoms with van der Waals surface area (Å²) >= 11 is 0. The first-order chi connectivity index (χ1) is 2.00. The van der Waals surface area contributed by atoms with Gasteiger partial charge in [0.15, 0.2) is 0 Å². The molecule has 0 aliphatic heterocycles. The first-order valence-corrected chi connectivity index (χ1v) is 2.10. The van der Waals surface area contributed by atoms with Crippen LogP contribution in [0.5, 0.6) is 0 Å². The summed E-state index contributed by atoms with van der Waals surface area (Å²) in [6.45, 7) is 0. The van der Waals surface area contributed by atoms with Crippen LogP contribution in [0.1, 0.15) is 0 Å². The molecule has 0 heterocycles. The minimum absolute atomic E-state index is 0. The van der Waals surface area contributed by atoms with E-state index in [1.807, 2.05) is 0 Å². The monoisotopic (exact) mass is 239 g/mol. The van der Waals surface area contributed by atoms with Gasteiger partial charge in [-0.25, -0.2) is 0 Å². The van der Waals surface area contributed by atoms with E-state index in [0.717, 1.165) is 0 Å². The third-order valence-electron chi connectivity index (χ3n) is 0. The Balaban J connectivity index is -0.0000000267. The Morgan fingerprint density at radius 2 is 1.12 bits per heavy atom. The van der Waals surface area contributed by atoms with Crippen molar-refractivity contribution in [1.29, 1.82) is 0 Å². The van der Waals surface area contributed by atoms with Crippen LogP contribution in [0.3, 0.4) is 0 Å². The maximum atomic E-state index is 8.74. The molecule has 0 aliphatic rings. The van der Waals surface area contributed by atoms with E-state index in [1.165, 1.54) is 0 Å². The zero-order valence-electron chi connectivity index (χ0n) is 2.77. The van der Waals surface area contributed by atoms with Crippen molar-refractivity contribution in [1.82, 2.24) is 0 Å². The van der Waals surface area contributed by atoms with Gasteiger partial charge in [-0.1, -0.05) is 0 Å². The van der Waals surface area contributed by atoms with E-state index in [0.29, 0.717) is 0 Å². The van der Waals surface area contributed by atoms with Crippen LogP contribution in [0, 0.1) is 0 Å². The Labute approximate surface area is 89.8 Å². The van der Waals surface area contributed by atoms with Gasteiger partial charge in [0.1, 0.15) is 0 Å². The molecule has 0 rings (SSSR count). The first kappa shape index (κ1) is 22.5. The molecule has 8 heavy (non-hydrogen) atoms. The molecule has 0 aromatic carbocycles. The second kappa shape index (κ2) is 8.87. The third-order valence-corrected chi connectivity index (χ3v) is 0. The van der Waals surface area contributed by atoms with E-state index >= 15 is 0 Å². The van der Waals surface area contributed by atoms with Crippen LogP contribution in [-0.4, -0.2) is 47.1 Å². The summed E-state index contributed by atoms with van der Waals surface area (Å²) in [4.78, 5) is 0. The molecule has 0 amide bonds. The molecule has 8 heteroatoms. The normalized spacial score (nSPS) is 7.25. The molecule has 0 spiro atoms. The van der Waals surface area contributed by atoms with Crippen LogP contribution in [0.15, 0.2) is 0 Å². The fourth-order valence-electron chi connectivity index (χ4n) is 0. The Morgan fingerprint density at radius 1 is 1.12 bits per heavy atom. The van der Waals surface area contributed by atoms with Crippen molar-refractivity contribution in [3.8, 4) is 0 Å². The van der Waals surface area contributed by atoms with Crippen LogP contribution in [0.25, 0.3) is 0 Å². The van der Waals surface area contributed by atoms with Crippen molar-refractivity contribution in [2.45, 2.75) is 0 Å². The van der Waals surface area contributed by atoms with Gasteiger partial charge in [0.2, 0.25) is 0 Å². The SMILES string of the molecule is O=S(=O)(O)O.[Co].[NaH].[Ni]. The van der Waals surface area contributed by atoms with Crippen LogP contribution >= 0.6 is 0 Å². The van der Waals surface area contributed by atoms with Crippen molar-refractivity contribution in [2.75, 3.05) is 0 Å². The quantitative estimate of drug-likeness (QED) is 0.407. The molecule has 0 saturated heterocycles. The van der Waals surface area contributed by atoms with Crippen LogP contribution in [0.4, 0.5) is 0 Å². The maximum absolute atomic E-state index is 8.74. The van der Waals surface area contributed by atoms with Crippen molar-refractivity contribution in [3.05, 3.63) is 0 Å². The Hall–Kier alpha value is 1.87. The van der Waals surface area contributed by atoms with Gasteiger partial charge >= 0.3 is 40.0 Å². The molecular formula is H3CoNaNiO4S. The molecule has 1 radical (unpaired) electrons. The summed E-state index contributed by atoms with van der Waals surface area (Å²) in [6, 6.07) is 0. The maximum Gasteiger partial charge on any atom is 0 e. The topological polar surface area (TPSA) is 74.6 Å². The summed E-state index contributed by atoms with van der Waals surface area (Å²) in [7, 11) is -4.67. The fraction of sp³-hybridized carbons (Fsp3) is 0. The van der Waals surface area contributed by atoms with Gasteiger partial charge in [0.05, 0.1) is 0 Å². The largest absolute Gasteiger partial charge is 0 e. The molecule has 53 valence electrons. The summed E-state index contributed by atoms with van der Waals surface area (Å²) in [6.07, 6.45) is 0. The molecule has 2 N–H and O–H groups in total. The summed E-state index contributed by atoms with van der Waals surface area (Å²) in [5.74, 6) is 0. The van der Waals surface area contributed by atoms with Gasteiger partial charge in [-0.05, 0) is 0 Å². The second-order valence-electron chi connectivity index (χ2n) is 0.448. The van der Waals surface area contributed by atoms with E-state index < -0.39 is 10.4 Å². The first-order valence-electron chi connectivity index (χ1n) is 0.698. The predicted molar refractivity (Wildman–Crippen MR) is 21.3 cm³/mol. The Bertz CT molecular complexity index is 99.2. The Morgan fingerprint density at radius 3 is 1.12 bits per heavy atom. The zero-order valence-corrected chi connectivity index (χ0v) is 5.61. The van der Waals surface area contributed by atoms with Gasteiger partial charge in [0.25, 0.3) is 0 Å². The van der Waals surface area contributed by atoms with Crippen molar-refractivity contribution < 1.29 is 50.8 Å². The molecule has 0 bridgehead atoms. The fourth-order valence-corrected chi connectivity index (χ4v) is 0. The number of hydrogen-bond donors (Lipinski definition) is 2.